The van der Waals surface area contributed by atoms with E-state index in [1.54, 1.807) is 9.48 Å². The molecule has 0 aliphatic carbocycles. The molecule has 0 N–H and O–H groups in total. The van der Waals surface area contributed by atoms with E-state index in [1.807, 2.05) is 13.8 Å². The Morgan fingerprint density at radius 2 is 1.41 bits per heavy atom. The molecule has 0 aliphatic heterocycles. The maximum atomic E-state index is 4.13. The molecule has 22 heavy (non-hydrogen) atoms. The van der Waals surface area contributed by atoms with Crippen LogP contribution in [0.15, 0.2) is 0 Å². The third kappa shape index (κ3) is 8.37. The zero-order valence-corrected chi connectivity index (χ0v) is 20.5. The van der Waals surface area contributed by atoms with E-state index >= 15 is 0 Å². The van der Waals surface area contributed by atoms with E-state index in [0.29, 0.717) is 0 Å². The zero-order valence-electron chi connectivity index (χ0n) is 14.8. The quantitative estimate of drug-likeness (QED) is 0.574. The van der Waals surface area contributed by atoms with E-state index in [9.17, 15) is 0 Å². The van der Waals surface area contributed by atoms with E-state index in [4.69, 9.17) is 0 Å². The fraction of sp³-hybridized carbons (Fsp3) is 0.714. The molecule has 0 atom stereocenters. The van der Waals surface area contributed by atoms with Crippen LogP contribution in [0, 0.1) is 26.2 Å². The molecule has 0 spiro atoms. The topological polar surface area (TPSA) is 61.4 Å². The summed E-state index contributed by atoms with van der Waals surface area (Å²) >= 11 is 0. The van der Waals surface area contributed by atoms with Crippen molar-refractivity contribution in [3.05, 3.63) is 23.8 Å². The number of rotatable bonds is 0. The van der Waals surface area contributed by atoms with Gasteiger partial charge in [0.15, 0.2) is 0 Å². The molecule has 2 aromatic heterocycles. The Morgan fingerprint density at radius 1 is 0.864 bits per heavy atom. The molecule has 6 nitrogen and oxygen atoms in total. The summed E-state index contributed by atoms with van der Waals surface area (Å²) in [7, 11) is 0. The Hall–Kier alpha value is 0.488. The van der Waals surface area contributed by atoms with Crippen molar-refractivity contribution in [1.29, 1.82) is 0 Å². The first kappa shape index (κ1) is 24.7. The molecular weight excluding hydrogens is 430 g/mol. The SMILES string of the molecule is Cc1[c-]n(C(C)(C)C)nn1.Cc1[c-]nn(C(C)(C)C)n1.[Y].[Y]. The van der Waals surface area contributed by atoms with Gasteiger partial charge in [-0.05, 0) is 41.5 Å². The van der Waals surface area contributed by atoms with E-state index in [2.05, 4.69) is 74.4 Å². The molecule has 2 radical (unpaired) electrons. The number of hydrogen-bond acceptors (Lipinski definition) is 4. The van der Waals surface area contributed by atoms with Gasteiger partial charge in [0.2, 0.25) is 0 Å². The average molecular weight is 454 g/mol. The van der Waals surface area contributed by atoms with Crippen LogP contribution in [-0.4, -0.2) is 30.0 Å². The standard InChI is InChI=1S/2C7H12N3.2Y/c1-6-5-10(9-8-6)7(2,3)4;1-6-5-8-10(9-6)7(2,3)4;;/h2*1-4H3;;/q2*-1;;. The van der Waals surface area contributed by atoms with Gasteiger partial charge in [0.1, 0.15) is 0 Å². The fourth-order valence-electron chi connectivity index (χ4n) is 1.22. The third-order valence-electron chi connectivity index (χ3n) is 2.34. The van der Waals surface area contributed by atoms with Crippen LogP contribution in [0.2, 0.25) is 0 Å². The van der Waals surface area contributed by atoms with Crippen molar-refractivity contribution in [2.24, 2.45) is 0 Å². The van der Waals surface area contributed by atoms with Crippen LogP contribution in [0.25, 0.3) is 0 Å². The first-order valence-electron chi connectivity index (χ1n) is 6.64. The predicted molar refractivity (Wildman–Crippen MR) is 77.2 cm³/mol. The molecule has 8 heteroatoms. The van der Waals surface area contributed by atoms with Gasteiger partial charge in [0, 0.05) is 71.0 Å². The third-order valence-corrected chi connectivity index (χ3v) is 2.34. The van der Waals surface area contributed by atoms with Gasteiger partial charge in [-0.25, -0.2) is 4.80 Å². The molecular formula is C14H24N6Y2-2. The Labute approximate surface area is 184 Å². The van der Waals surface area contributed by atoms with E-state index in [-0.39, 0.29) is 76.5 Å². The molecule has 0 bridgehead atoms. The minimum Gasteiger partial charge on any atom is -0.421 e. The van der Waals surface area contributed by atoms with Crippen LogP contribution in [-0.2, 0) is 76.5 Å². The summed E-state index contributed by atoms with van der Waals surface area (Å²) in [5.41, 5.74) is 1.66. The molecule has 2 aromatic rings. The zero-order chi connectivity index (χ0) is 15.6. The minimum absolute atomic E-state index is 0. The summed E-state index contributed by atoms with van der Waals surface area (Å²) in [6, 6.07) is 0. The van der Waals surface area contributed by atoms with Crippen molar-refractivity contribution in [2.75, 3.05) is 0 Å². The van der Waals surface area contributed by atoms with Gasteiger partial charge in [-0.1, -0.05) is 13.8 Å². The molecule has 0 saturated carbocycles. The Kier molecular flexibility index (Phi) is 10.9. The fourth-order valence-corrected chi connectivity index (χ4v) is 1.22. The second-order valence-corrected chi connectivity index (χ2v) is 6.73. The number of hydrogen-bond donors (Lipinski definition) is 0. The predicted octanol–water partition coefficient (Wildman–Crippen LogP) is 2.28. The van der Waals surface area contributed by atoms with E-state index in [1.165, 1.54) is 0 Å². The summed E-state index contributed by atoms with van der Waals surface area (Å²) in [5, 5.41) is 15.8. The van der Waals surface area contributed by atoms with Crippen molar-refractivity contribution in [3.63, 3.8) is 0 Å². The molecule has 118 valence electrons. The van der Waals surface area contributed by atoms with Crippen molar-refractivity contribution in [1.82, 2.24) is 30.0 Å². The molecule has 0 unspecified atom stereocenters. The van der Waals surface area contributed by atoms with Gasteiger partial charge in [0.25, 0.3) is 0 Å². The molecule has 0 aliphatic rings. The largest absolute Gasteiger partial charge is 0.421 e. The summed E-state index contributed by atoms with van der Waals surface area (Å²) < 4.78 is 1.74. The summed E-state index contributed by atoms with van der Waals surface area (Å²) in [5.74, 6) is 0. The number of nitrogens with zero attached hydrogens (tertiary/aromatic N) is 6. The summed E-state index contributed by atoms with van der Waals surface area (Å²) in [6.45, 7) is 16.1. The van der Waals surface area contributed by atoms with Crippen LogP contribution in [0.5, 0.6) is 0 Å². The number of aryl methyl sites for hydroxylation is 2. The Morgan fingerprint density at radius 3 is 1.59 bits per heavy atom. The van der Waals surface area contributed by atoms with Crippen LogP contribution in [0.4, 0.5) is 0 Å². The van der Waals surface area contributed by atoms with Gasteiger partial charge >= 0.3 is 0 Å². The second-order valence-electron chi connectivity index (χ2n) is 6.73. The minimum atomic E-state index is -0.0231. The molecule has 0 saturated heterocycles. The van der Waals surface area contributed by atoms with E-state index in [0.717, 1.165) is 11.4 Å². The summed E-state index contributed by atoms with van der Waals surface area (Å²) in [6.07, 6.45) is 5.79. The van der Waals surface area contributed by atoms with Crippen LogP contribution in [0.3, 0.4) is 0 Å². The molecule has 0 aromatic carbocycles. The van der Waals surface area contributed by atoms with Crippen LogP contribution < -0.4 is 0 Å². The first-order valence-corrected chi connectivity index (χ1v) is 6.64. The Bertz CT molecular complexity index is 498. The van der Waals surface area contributed by atoms with Gasteiger partial charge in [-0.2, -0.15) is 10.2 Å². The monoisotopic (exact) mass is 454 g/mol. The second kappa shape index (κ2) is 9.70. The number of aromatic nitrogens is 6. The van der Waals surface area contributed by atoms with Crippen molar-refractivity contribution < 1.29 is 65.4 Å². The van der Waals surface area contributed by atoms with Crippen molar-refractivity contribution in [3.8, 4) is 0 Å². The smallest absolute Gasteiger partial charge is 0.0706 e. The summed E-state index contributed by atoms with van der Waals surface area (Å²) in [4.78, 5) is 1.67. The van der Waals surface area contributed by atoms with Gasteiger partial charge in [-0.3, -0.25) is 0 Å². The van der Waals surface area contributed by atoms with E-state index < -0.39 is 0 Å². The van der Waals surface area contributed by atoms with Crippen LogP contribution >= 0.6 is 0 Å². The molecule has 2 heterocycles. The van der Waals surface area contributed by atoms with Crippen LogP contribution in [0.1, 0.15) is 52.9 Å². The molecule has 2 rings (SSSR count). The normalized spacial score (nSPS) is 10.9. The van der Waals surface area contributed by atoms with Gasteiger partial charge in [0.05, 0.1) is 5.54 Å². The first-order chi connectivity index (χ1) is 9.00. The van der Waals surface area contributed by atoms with Crippen molar-refractivity contribution >= 4 is 0 Å². The van der Waals surface area contributed by atoms with Gasteiger partial charge in [-0.15, -0.1) is 16.6 Å². The molecule has 0 amide bonds. The van der Waals surface area contributed by atoms with Crippen molar-refractivity contribution in [2.45, 2.75) is 66.5 Å². The average Bonchev–Trinajstić information content (AvgIpc) is 2.85. The maximum Gasteiger partial charge on any atom is 0.0706 e. The molecule has 0 fully saturated rings. The van der Waals surface area contributed by atoms with Gasteiger partial charge < -0.3 is 22.2 Å². The maximum absolute atomic E-state index is 4.13. The Balaban J connectivity index is 0.